The van der Waals surface area contributed by atoms with Crippen LogP contribution in [0.5, 0.6) is 0 Å². The van der Waals surface area contributed by atoms with Crippen molar-refractivity contribution in [1.29, 1.82) is 0 Å². The number of rotatable bonds is 7. The molecule has 5 aliphatic rings. The van der Waals surface area contributed by atoms with Crippen LogP contribution in [-0.4, -0.2) is 19.1 Å². The van der Waals surface area contributed by atoms with E-state index in [4.69, 9.17) is 4.18 Å². The van der Waals surface area contributed by atoms with Gasteiger partial charge in [0.25, 0.3) is 0 Å². The summed E-state index contributed by atoms with van der Waals surface area (Å²) >= 11 is 0. The second-order valence-electron chi connectivity index (χ2n) is 15.3. The Hall–Kier alpha value is -0.130. The molecule has 8 unspecified atom stereocenters. The molecule has 0 bridgehead atoms. The summed E-state index contributed by atoms with van der Waals surface area (Å²) in [6.07, 6.45) is 14.9. The Bertz CT molecular complexity index is 942. The Morgan fingerprint density at radius 2 is 1.49 bits per heavy atom. The van der Waals surface area contributed by atoms with Crippen molar-refractivity contribution in [3.63, 3.8) is 0 Å². The molecule has 5 fully saturated rings. The van der Waals surface area contributed by atoms with E-state index in [-0.39, 0.29) is 5.41 Å². The van der Waals surface area contributed by atoms with E-state index < -0.39 is 16.5 Å². The fourth-order valence-corrected chi connectivity index (χ4v) is 12.3. The summed E-state index contributed by atoms with van der Waals surface area (Å²) in [6, 6.07) is 0. The first-order chi connectivity index (χ1) is 16.1. The van der Waals surface area contributed by atoms with Crippen molar-refractivity contribution in [1.82, 2.24) is 0 Å². The zero-order chi connectivity index (χ0) is 25.7. The van der Waals surface area contributed by atoms with Gasteiger partial charge in [-0.25, -0.2) is 4.18 Å². The normalized spacial score (nSPS) is 49.1. The molecule has 0 radical (unpaired) electrons. The second-order valence-corrected chi connectivity index (χ2v) is 16.4. The highest BCUT2D eigenvalue weighted by molar-refractivity contribution is 7.80. The molecule has 5 rings (SSSR count). The minimum absolute atomic E-state index is 0.229. The molecular formula is C30H52O4S. The van der Waals surface area contributed by atoms with Crippen LogP contribution in [0.25, 0.3) is 0 Å². The molecule has 5 heteroatoms. The van der Waals surface area contributed by atoms with Crippen molar-refractivity contribution in [2.45, 2.75) is 132 Å². The largest absolute Gasteiger partial charge is 0.397 e. The van der Waals surface area contributed by atoms with Crippen LogP contribution in [0.15, 0.2) is 0 Å². The van der Waals surface area contributed by atoms with Gasteiger partial charge in [-0.2, -0.15) is 8.42 Å². The molecule has 5 saturated carbocycles. The van der Waals surface area contributed by atoms with Gasteiger partial charge >= 0.3 is 10.4 Å². The van der Waals surface area contributed by atoms with Crippen molar-refractivity contribution in [3.8, 4) is 0 Å². The van der Waals surface area contributed by atoms with Gasteiger partial charge in [-0.15, -0.1) is 0 Å². The first-order valence-electron chi connectivity index (χ1n) is 14.8. The van der Waals surface area contributed by atoms with Gasteiger partial charge < -0.3 is 0 Å². The Kier molecular flexibility index (Phi) is 6.19. The molecule has 5 aliphatic carbocycles. The topological polar surface area (TPSA) is 63.6 Å². The van der Waals surface area contributed by atoms with Crippen LogP contribution in [0, 0.1) is 56.7 Å². The van der Waals surface area contributed by atoms with Gasteiger partial charge in [0.05, 0.1) is 6.10 Å². The smallest absolute Gasteiger partial charge is 0.264 e. The van der Waals surface area contributed by atoms with Crippen molar-refractivity contribution < 1.29 is 17.2 Å². The summed E-state index contributed by atoms with van der Waals surface area (Å²) < 4.78 is 37.9. The average Bonchev–Trinajstić information content (AvgIpc) is 3.31. The SMILES string of the molecule is CC(C)CCCC(C)C1CC[C@@]2(C)C3CCC4C(C)(C)C(OS(=O)(=O)O)CCC45CC35CCC12C. The van der Waals surface area contributed by atoms with Crippen LogP contribution in [-0.2, 0) is 14.6 Å². The molecule has 0 heterocycles. The Balaban J connectivity index is 1.37. The van der Waals surface area contributed by atoms with E-state index in [1.807, 2.05) is 0 Å². The summed E-state index contributed by atoms with van der Waals surface area (Å²) in [6.45, 7) is 17.0. The Labute approximate surface area is 215 Å². The highest BCUT2D eigenvalue weighted by atomic mass is 32.3. The summed E-state index contributed by atoms with van der Waals surface area (Å²) in [4.78, 5) is 0. The lowest BCUT2D eigenvalue weighted by Crippen LogP contribution is -2.58. The third kappa shape index (κ3) is 3.67. The fourth-order valence-electron chi connectivity index (χ4n) is 11.7. The molecule has 4 nitrogen and oxygen atoms in total. The maximum absolute atomic E-state index is 11.6. The van der Waals surface area contributed by atoms with Gasteiger partial charge in [0.15, 0.2) is 0 Å². The monoisotopic (exact) mass is 508 g/mol. The number of hydrogen-bond donors (Lipinski definition) is 1. The minimum Gasteiger partial charge on any atom is -0.264 e. The predicted molar refractivity (Wildman–Crippen MR) is 141 cm³/mol. The fraction of sp³-hybridized carbons (Fsp3) is 1.00. The third-order valence-corrected chi connectivity index (χ3v) is 14.0. The molecule has 2 spiro atoms. The molecule has 0 aromatic carbocycles. The van der Waals surface area contributed by atoms with E-state index >= 15 is 0 Å². The first kappa shape index (κ1) is 26.5. The van der Waals surface area contributed by atoms with Crippen molar-refractivity contribution in [2.75, 3.05) is 0 Å². The van der Waals surface area contributed by atoms with E-state index in [9.17, 15) is 13.0 Å². The summed E-state index contributed by atoms with van der Waals surface area (Å²) in [5, 5.41) is 0. The lowest BCUT2D eigenvalue weighted by Gasteiger charge is -2.63. The zero-order valence-corrected chi connectivity index (χ0v) is 24.3. The van der Waals surface area contributed by atoms with E-state index in [0.29, 0.717) is 27.6 Å². The van der Waals surface area contributed by atoms with E-state index in [1.165, 1.54) is 64.2 Å². The first-order valence-corrected chi connectivity index (χ1v) is 16.2. The quantitative estimate of drug-likeness (QED) is 0.353. The standard InChI is InChI=1S/C30H52O4S/c1-20(2)9-8-10-21(3)22-13-15-28(7)24-12-11-23-26(4,5)25(34-35(31,32)33)14-16-29(23)19-30(24,29)18-17-27(22,28)6/h20-25H,8-19H2,1-7H3,(H,31,32,33)/t21?,22?,23?,24?,25?,27?,28-,29?,30?/m0/s1. The van der Waals surface area contributed by atoms with Gasteiger partial charge in [0.2, 0.25) is 0 Å². The Morgan fingerprint density at radius 1 is 0.829 bits per heavy atom. The molecule has 0 aliphatic heterocycles. The number of fused-ring (bicyclic) bond motifs is 2. The molecule has 0 aromatic heterocycles. The average molecular weight is 509 g/mol. The lowest BCUT2D eigenvalue weighted by atomic mass is 9.41. The van der Waals surface area contributed by atoms with Crippen molar-refractivity contribution >= 4 is 10.4 Å². The molecule has 0 amide bonds. The van der Waals surface area contributed by atoms with E-state index in [2.05, 4.69) is 48.5 Å². The molecule has 35 heavy (non-hydrogen) atoms. The van der Waals surface area contributed by atoms with Gasteiger partial charge in [0, 0.05) is 0 Å². The summed E-state index contributed by atoms with van der Waals surface area (Å²) in [5.74, 6) is 3.80. The van der Waals surface area contributed by atoms with Gasteiger partial charge in [-0.1, -0.05) is 67.7 Å². The molecule has 9 atom stereocenters. The zero-order valence-electron chi connectivity index (χ0n) is 23.5. The van der Waals surface area contributed by atoms with Crippen molar-refractivity contribution in [2.24, 2.45) is 56.7 Å². The van der Waals surface area contributed by atoms with Crippen LogP contribution in [0.4, 0.5) is 0 Å². The number of hydrogen-bond acceptors (Lipinski definition) is 3. The van der Waals surface area contributed by atoms with Crippen LogP contribution < -0.4 is 0 Å². The van der Waals surface area contributed by atoms with Gasteiger partial charge in [-0.05, 0) is 114 Å². The van der Waals surface area contributed by atoms with Crippen LogP contribution in [0.2, 0.25) is 0 Å². The predicted octanol–water partition coefficient (Wildman–Crippen LogP) is 8.08. The lowest BCUT2D eigenvalue weighted by molar-refractivity contribution is -0.158. The summed E-state index contributed by atoms with van der Waals surface area (Å²) in [5.41, 5.74) is 1.48. The second kappa shape index (κ2) is 8.18. The molecule has 1 N–H and O–H groups in total. The van der Waals surface area contributed by atoms with Gasteiger partial charge in [0.1, 0.15) is 0 Å². The molecule has 0 saturated heterocycles. The van der Waals surface area contributed by atoms with Gasteiger partial charge in [-0.3, -0.25) is 4.55 Å². The van der Waals surface area contributed by atoms with Crippen LogP contribution in [0.3, 0.4) is 0 Å². The minimum atomic E-state index is -4.42. The van der Waals surface area contributed by atoms with E-state index in [1.54, 1.807) is 0 Å². The molecular weight excluding hydrogens is 456 g/mol. The molecule has 0 aromatic rings. The van der Waals surface area contributed by atoms with Crippen LogP contribution >= 0.6 is 0 Å². The van der Waals surface area contributed by atoms with Crippen LogP contribution in [0.1, 0.15) is 126 Å². The maximum Gasteiger partial charge on any atom is 0.397 e. The maximum atomic E-state index is 11.6. The van der Waals surface area contributed by atoms with Crippen molar-refractivity contribution in [3.05, 3.63) is 0 Å². The van der Waals surface area contributed by atoms with E-state index in [0.717, 1.165) is 36.5 Å². The highest BCUT2D eigenvalue weighted by Crippen LogP contribution is 2.89. The highest BCUT2D eigenvalue weighted by Gasteiger charge is 2.82. The summed E-state index contributed by atoms with van der Waals surface area (Å²) in [7, 11) is -4.42. The molecule has 202 valence electrons. The Morgan fingerprint density at radius 3 is 2.14 bits per heavy atom. The third-order valence-electron chi connectivity index (χ3n) is 13.5.